The molecule has 0 saturated heterocycles. The van der Waals surface area contributed by atoms with Crippen molar-refractivity contribution in [3.8, 4) is 0 Å². The first-order chi connectivity index (χ1) is 6.72. The monoisotopic (exact) mass is 192 g/mol. The Morgan fingerprint density at radius 2 is 2.21 bits per heavy atom. The second kappa shape index (κ2) is 5.45. The molecule has 1 aromatic rings. The van der Waals surface area contributed by atoms with E-state index in [-0.39, 0.29) is 12.2 Å². The maximum absolute atomic E-state index is 5.55. The molecule has 1 rings (SSSR count). The topological polar surface area (TPSA) is 22.4 Å². The molecule has 0 amide bonds. The van der Waals surface area contributed by atoms with E-state index in [4.69, 9.17) is 9.15 Å². The van der Waals surface area contributed by atoms with Crippen LogP contribution >= 0.6 is 0 Å². The lowest BCUT2D eigenvalue weighted by atomic mass is 10.3. The molecule has 0 spiro atoms. The molecule has 2 nitrogen and oxygen atoms in total. The fourth-order valence-corrected chi connectivity index (χ4v) is 1.06. The molecule has 0 unspecified atom stereocenters. The summed E-state index contributed by atoms with van der Waals surface area (Å²) >= 11 is 0. The van der Waals surface area contributed by atoms with Crippen molar-refractivity contribution >= 4 is 6.08 Å². The number of hydrogen-bond donors (Lipinski definition) is 0. The van der Waals surface area contributed by atoms with E-state index in [1.165, 1.54) is 0 Å². The molecule has 2 atom stereocenters. The van der Waals surface area contributed by atoms with E-state index >= 15 is 0 Å². The van der Waals surface area contributed by atoms with Crippen LogP contribution < -0.4 is 0 Å². The van der Waals surface area contributed by atoms with Crippen LogP contribution in [0.1, 0.15) is 19.6 Å². The van der Waals surface area contributed by atoms with Crippen LogP contribution in [0, 0.1) is 0 Å². The SMILES string of the molecule is C=C[C@H](C)O[C@H](C)/C=C/c1ccco1. The third-order valence-electron chi connectivity index (χ3n) is 1.84. The van der Waals surface area contributed by atoms with Crippen molar-refractivity contribution in [3.05, 3.63) is 42.9 Å². The minimum atomic E-state index is 0.0631. The molecule has 14 heavy (non-hydrogen) atoms. The molecular weight excluding hydrogens is 176 g/mol. The average Bonchev–Trinajstić information content (AvgIpc) is 2.67. The minimum Gasteiger partial charge on any atom is -0.465 e. The third kappa shape index (κ3) is 3.62. The van der Waals surface area contributed by atoms with Crippen LogP contribution in [0.15, 0.2) is 41.5 Å². The van der Waals surface area contributed by atoms with Crippen LogP contribution in [0.4, 0.5) is 0 Å². The predicted octanol–water partition coefficient (Wildman–Crippen LogP) is 3.27. The zero-order valence-electron chi connectivity index (χ0n) is 8.64. The lowest BCUT2D eigenvalue weighted by molar-refractivity contribution is 0.0637. The van der Waals surface area contributed by atoms with Crippen molar-refractivity contribution in [2.45, 2.75) is 26.1 Å². The van der Waals surface area contributed by atoms with Gasteiger partial charge in [0.25, 0.3) is 0 Å². The Morgan fingerprint density at radius 1 is 1.43 bits per heavy atom. The second-order valence-electron chi connectivity index (χ2n) is 3.16. The number of hydrogen-bond acceptors (Lipinski definition) is 2. The van der Waals surface area contributed by atoms with Crippen LogP contribution in [0.25, 0.3) is 6.08 Å². The van der Waals surface area contributed by atoms with Gasteiger partial charge in [0, 0.05) is 0 Å². The highest BCUT2D eigenvalue weighted by molar-refractivity contribution is 5.42. The zero-order chi connectivity index (χ0) is 10.4. The second-order valence-corrected chi connectivity index (χ2v) is 3.16. The highest BCUT2D eigenvalue weighted by Crippen LogP contribution is 2.06. The first-order valence-corrected chi connectivity index (χ1v) is 4.72. The molecule has 0 aromatic carbocycles. The summed E-state index contributed by atoms with van der Waals surface area (Å²) in [5.74, 6) is 0.840. The van der Waals surface area contributed by atoms with Gasteiger partial charge in [0.05, 0.1) is 18.5 Å². The molecule has 76 valence electrons. The van der Waals surface area contributed by atoms with E-state index < -0.39 is 0 Å². The largest absolute Gasteiger partial charge is 0.465 e. The van der Waals surface area contributed by atoms with Crippen LogP contribution in [-0.4, -0.2) is 12.2 Å². The summed E-state index contributed by atoms with van der Waals surface area (Å²) in [6, 6.07) is 3.76. The van der Waals surface area contributed by atoms with Gasteiger partial charge in [0.1, 0.15) is 5.76 Å². The fraction of sp³-hybridized carbons (Fsp3) is 0.333. The van der Waals surface area contributed by atoms with Crippen LogP contribution in [0.5, 0.6) is 0 Å². The number of ether oxygens (including phenoxy) is 1. The summed E-state index contributed by atoms with van der Waals surface area (Å²) in [4.78, 5) is 0. The van der Waals surface area contributed by atoms with Crippen molar-refractivity contribution in [2.24, 2.45) is 0 Å². The van der Waals surface area contributed by atoms with E-state index in [0.717, 1.165) is 5.76 Å². The molecule has 0 aliphatic rings. The summed E-state index contributed by atoms with van der Waals surface area (Å²) in [6.45, 7) is 7.60. The smallest absolute Gasteiger partial charge is 0.126 e. The van der Waals surface area contributed by atoms with Gasteiger partial charge in [-0.1, -0.05) is 12.2 Å². The van der Waals surface area contributed by atoms with Crippen LogP contribution in [0.2, 0.25) is 0 Å². The van der Waals surface area contributed by atoms with Gasteiger partial charge in [-0.2, -0.15) is 0 Å². The summed E-state index contributed by atoms with van der Waals surface area (Å²) in [5.41, 5.74) is 0. The summed E-state index contributed by atoms with van der Waals surface area (Å²) in [5, 5.41) is 0. The molecule has 0 fully saturated rings. The Hall–Kier alpha value is -1.28. The molecule has 0 aliphatic heterocycles. The van der Waals surface area contributed by atoms with Crippen molar-refractivity contribution in [3.63, 3.8) is 0 Å². The van der Waals surface area contributed by atoms with Gasteiger partial charge in [-0.3, -0.25) is 0 Å². The Kier molecular flexibility index (Phi) is 4.20. The molecule has 1 aromatic heterocycles. The maximum atomic E-state index is 5.55. The van der Waals surface area contributed by atoms with Crippen LogP contribution in [0.3, 0.4) is 0 Å². The van der Waals surface area contributed by atoms with Gasteiger partial charge >= 0.3 is 0 Å². The standard InChI is InChI=1S/C12H16O2/c1-4-10(2)14-11(3)7-8-12-6-5-9-13-12/h4-11H,1H2,2-3H3/b8-7+/t10-,11+/m0/s1. The Labute approximate surface area is 84.9 Å². The minimum absolute atomic E-state index is 0.0631. The average molecular weight is 192 g/mol. The highest BCUT2D eigenvalue weighted by atomic mass is 16.5. The number of rotatable bonds is 5. The third-order valence-corrected chi connectivity index (χ3v) is 1.84. The highest BCUT2D eigenvalue weighted by Gasteiger charge is 2.01. The quantitative estimate of drug-likeness (QED) is 0.668. The van der Waals surface area contributed by atoms with E-state index in [2.05, 4.69) is 6.58 Å². The molecule has 0 aliphatic carbocycles. The van der Waals surface area contributed by atoms with Crippen molar-refractivity contribution < 1.29 is 9.15 Å². The molecular formula is C12H16O2. The van der Waals surface area contributed by atoms with E-state index in [1.807, 2.05) is 38.1 Å². The molecule has 2 heteroatoms. The van der Waals surface area contributed by atoms with Gasteiger partial charge in [-0.15, -0.1) is 6.58 Å². The van der Waals surface area contributed by atoms with Crippen LogP contribution in [-0.2, 0) is 4.74 Å². The van der Waals surface area contributed by atoms with Gasteiger partial charge < -0.3 is 9.15 Å². The number of furan rings is 1. The van der Waals surface area contributed by atoms with E-state index in [9.17, 15) is 0 Å². The Balaban J connectivity index is 2.40. The first-order valence-electron chi connectivity index (χ1n) is 4.72. The maximum Gasteiger partial charge on any atom is 0.126 e. The Bertz CT molecular complexity index is 285. The van der Waals surface area contributed by atoms with Gasteiger partial charge in [-0.25, -0.2) is 0 Å². The molecule has 1 heterocycles. The molecule has 0 saturated carbocycles. The van der Waals surface area contributed by atoms with E-state index in [1.54, 1.807) is 12.3 Å². The first kappa shape index (κ1) is 10.8. The van der Waals surface area contributed by atoms with Gasteiger partial charge in [-0.05, 0) is 32.1 Å². The van der Waals surface area contributed by atoms with Crippen molar-refractivity contribution in [1.29, 1.82) is 0 Å². The molecule has 0 N–H and O–H groups in total. The van der Waals surface area contributed by atoms with Crippen molar-refractivity contribution in [1.82, 2.24) is 0 Å². The van der Waals surface area contributed by atoms with Gasteiger partial charge in [0.2, 0.25) is 0 Å². The summed E-state index contributed by atoms with van der Waals surface area (Å²) in [6.07, 6.45) is 7.42. The normalized spacial score (nSPS) is 15.6. The predicted molar refractivity (Wildman–Crippen MR) is 57.9 cm³/mol. The zero-order valence-corrected chi connectivity index (χ0v) is 8.64. The summed E-state index contributed by atoms with van der Waals surface area (Å²) < 4.78 is 10.7. The lowest BCUT2D eigenvalue weighted by Gasteiger charge is -2.12. The van der Waals surface area contributed by atoms with Crippen molar-refractivity contribution in [2.75, 3.05) is 0 Å². The fourth-order valence-electron chi connectivity index (χ4n) is 1.06. The van der Waals surface area contributed by atoms with Gasteiger partial charge in [0.15, 0.2) is 0 Å². The lowest BCUT2D eigenvalue weighted by Crippen LogP contribution is -2.12. The van der Waals surface area contributed by atoms with E-state index in [0.29, 0.717) is 0 Å². The summed E-state index contributed by atoms with van der Waals surface area (Å²) in [7, 11) is 0. The molecule has 0 radical (unpaired) electrons. The Morgan fingerprint density at radius 3 is 2.79 bits per heavy atom. The molecule has 0 bridgehead atoms.